The number of carbonyl (C=O) groups excluding carboxylic acids is 2. The molecule has 0 amide bonds. The number of ether oxygens (including phenoxy) is 1. The van der Waals surface area contributed by atoms with Gasteiger partial charge in [0.25, 0.3) is 5.69 Å². The van der Waals surface area contributed by atoms with E-state index in [-0.39, 0.29) is 23.7 Å². The van der Waals surface area contributed by atoms with Crippen LogP contribution in [0.1, 0.15) is 19.4 Å². The number of nitro groups is 1. The van der Waals surface area contributed by atoms with Crippen molar-refractivity contribution in [3.05, 3.63) is 58.1 Å². The monoisotopic (exact) mass is 341 g/mol. The first-order valence-electron chi connectivity index (χ1n) is 7.76. The second kappa shape index (κ2) is 7.70. The molecule has 0 aliphatic rings. The second-order valence-corrected chi connectivity index (χ2v) is 5.82. The number of rotatable bonds is 7. The number of nitrogens with zero attached hydrogens (tertiary/aromatic N) is 1. The van der Waals surface area contributed by atoms with Crippen LogP contribution in [0.15, 0.2) is 42.5 Å². The van der Waals surface area contributed by atoms with E-state index < -0.39 is 10.8 Å². The van der Waals surface area contributed by atoms with Gasteiger partial charge in [0.2, 0.25) is 0 Å². The van der Waals surface area contributed by atoms with Gasteiger partial charge in [-0.3, -0.25) is 19.7 Å². The van der Waals surface area contributed by atoms with Gasteiger partial charge >= 0.3 is 0 Å². The summed E-state index contributed by atoms with van der Waals surface area (Å²) in [5, 5.41) is 11.0. The first-order chi connectivity index (χ1) is 11.8. The topological polar surface area (TPSA) is 86.5 Å². The van der Waals surface area contributed by atoms with Crippen LogP contribution in [-0.4, -0.2) is 23.6 Å². The molecule has 0 fully saturated rings. The molecule has 0 aliphatic carbocycles. The molecule has 2 rings (SSSR count). The molecule has 0 saturated carbocycles. The van der Waals surface area contributed by atoms with Crippen LogP contribution >= 0.6 is 0 Å². The van der Waals surface area contributed by atoms with E-state index in [0.29, 0.717) is 16.9 Å². The first kappa shape index (κ1) is 18.3. The normalized spacial score (nSPS) is 10.6. The molecule has 130 valence electrons. The van der Waals surface area contributed by atoms with Crippen molar-refractivity contribution in [2.45, 2.75) is 20.3 Å². The van der Waals surface area contributed by atoms with E-state index in [1.165, 1.54) is 33.1 Å². The molecule has 2 aromatic carbocycles. The Balaban J connectivity index is 2.47. The zero-order chi connectivity index (χ0) is 18.6. The Morgan fingerprint density at radius 1 is 1.12 bits per heavy atom. The van der Waals surface area contributed by atoms with E-state index in [1.807, 2.05) is 0 Å². The van der Waals surface area contributed by atoms with E-state index >= 15 is 0 Å². The van der Waals surface area contributed by atoms with Gasteiger partial charge in [0.15, 0.2) is 0 Å². The summed E-state index contributed by atoms with van der Waals surface area (Å²) in [7, 11) is 1.52. The highest BCUT2D eigenvalue weighted by molar-refractivity contribution is 6.00. The summed E-state index contributed by atoms with van der Waals surface area (Å²) in [6.45, 7) is 2.80. The van der Waals surface area contributed by atoms with Crippen molar-refractivity contribution in [2.24, 2.45) is 5.92 Å². The Morgan fingerprint density at radius 3 is 2.36 bits per heavy atom. The third kappa shape index (κ3) is 4.29. The lowest BCUT2D eigenvalue weighted by molar-refractivity contribution is -0.384. The molecule has 0 N–H and O–H groups in total. The second-order valence-electron chi connectivity index (χ2n) is 5.82. The zero-order valence-electron chi connectivity index (χ0n) is 14.3. The number of carbonyl (C=O) groups is 2. The number of hydrogen-bond donors (Lipinski definition) is 0. The highest BCUT2D eigenvalue weighted by atomic mass is 16.6. The van der Waals surface area contributed by atoms with Gasteiger partial charge in [0.05, 0.1) is 18.0 Å². The highest BCUT2D eigenvalue weighted by Gasteiger charge is 2.21. The minimum Gasteiger partial charge on any atom is -0.496 e. The molecular formula is C19H19NO5. The van der Waals surface area contributed by atoms with E-state index in [4.69, 9.17) is 4.74 Å². The third-order valence-electron chi connectivity index (χ3n) is 4.05. The molecule has 0 aromatic heterocycles. The Bertz CT molecular complexity index is 814. The van der Waals surface area contributed by atoms with Crippen molar-refractivity contribution in [3.8, 4) is 16.9 Å². The minimum atomic E-state index is -0.689. The Kier molecular flexibility index (Phi) is 5.64. The van der Waals surface area contributed by atoms with Crippen LogP contribution in [0.2, 0.25) is 0 Å². The maximum Gasteiger partial charge on any atom is 0.270 e. The van der Waals surface area contributed by atoms with E-state index in [0.717, 1.165) is 5.56 Å². The fourth-order valence-electron chi connectivity index (χ4n) is 2.70. The van der Waals surface area contributed by atoms with Crippen LogP contribution in [0.4, 0.5) is 5.69 Å². The van der Waals surface area contributed by atoms with E-state index in [9.17, 15) is 19.7 Å². The SMILES string of the molecule is COc1ccc(CC(C(C)=O)C(C)=O)cc1-c1cccc([N+](=O)[O-])c1. The maximum absolute atomic E-state index is 11.7. The Morgan fingerprint density at radius 2 is 1.80 bits per heavy atom. The molecule has 6 heteroatoms. The summed E-state index contributed by atoms with van der Waals surface area (Å²) < 4.78 is 5.35. The van der Waals surface area contributed by atoms with Gasteiger partial charge in [-0.2, -0.15) is 0 Å². The van der Waals surface area contributed by atoms with Gasteiger partial charge in [-0.05, 0) is 43.5 Å². The number of non-ortho nitro benzene ring substituents is 1. The first-order valence-corrected chi connectivity index (χ1v) is 7.76. The van der Waals surface area contributed by atoms with Gasteiger partial charge in [0, 0.05) is 17.7 Å². The number of benzene rings is 2. The molecule has 6 nitrogen and oxygen atoms in total. The molecule has 0 bridgehead atoms. The van der Waals surface area contributed by atoms with Crippen LogP contribution in [0.25, 0.3) is 11.1 Å². The summed E-state index contributed by atoms with van der Waals surface area (Å²) >= 11 is 0. The van der Waals surface area contributed by atoms with Crippen LogP contribution in [-0.2, 0) is 16.0 Å². The van der Waals surface area contributed by atoms with Crippen molar-refractivity contribution in [1.29, 1.82) is 0 Å². The van der Waals surface area contributed by atoms with Crippen molar-refractivity contribution < 1.29 is 19.2 Å². The molecule has 0 heterocycles. The van der Waals surface area contributed by atoms with Crippen LogP contribution < -0.4 is 4.74 Å². The van der Waals surface area contributed by atoms with Gasteiger partial charge in [-0.15, -0.1) is 0 Å². The zero-order valence-corrected chi connectivity index (χ0v) is 14.3. The predicted molar refractivity (Wildman–Crippen MR) is 93.6 cm³/mol. The minimum absolute atomic E-state index is 0.0182. The lowest BCUT2D eigenvalue weighted by Crippen LogP contribution is -2.21. The van der Waals surface area contributed by atoms with Gasteiger partial charge in [0.1, 0.15) is 17.3 Å². The average molecular weight is 341 g/mol. The van der Waals surface area contributed by atoms with Crippen LogP contribution in [0.5, 0.6) is 5.75 Å². The Labute approximate surface area is 145 Å². The van der Waals surface area contributed by atoms with Crippen LogP contribution in [0, 0.1) is 16.0 Å². The molecule has 0 aliphatic heterocycles. The van der Waals surface area contributed by atoms with E-state index in [1.54, 1.807) is 30.3 Å². The number of methoxy groups -OCH3 is 1. The highest BCUT2D eigenvalue weighted by Crippen LogP contribution is 2.33. The molecule has 0 unspecified atom stereocenters. The largest absolute Gasteiger partial charge is 0.496 e. The van der Waals surface area contributed by atoms with Crippen LogP contribution in [0.3, 0.4) is 0 Å². The van der Waals surface area contributed by atoms with Crippen molar-refractivity contribution >= 4 is 17.3 Å². The summed E-state index contributed by atoms with van der Waals surface area (Å²) in [4.78, 5) is 33.9. The van der Waals surface area contributed by atoms with Gasteiger partial charge < -0.3 is 4.74 Å². The quantitative estimate of drug-likeness (QED) is 0.436. The fourth-order valence-corrected chi connectivity index (χ4v) is 2.70. The summed E-state index contributed by atoms with van der Waals surface area (Å²) in [5.41, 5.74) is 2.08. The van der Waals surface area contributed by atoms with Gasteiger partial charge in [-0.1, -0.05) is 18.2 Å². The molecule has 0 radical (unpaired) electrons. The smallest absolute Gasteiger partial charge is 0.270 e. The molecule has 25 heavy (non-hydrogen) atoms. The number of ketones is 2. The number of nitro benzene ring substituents is 1. The molecule has 2 aromatic rings. The predicted octanol–water partition coefficient (Wildman–Crippen LogP) is 3.61. The average Bonchev–Trinajstić information content (AvgIpc) is 2.59. The third-order valence-corrected chi connectivity index (χ3v) is 4.05. The summed E-state index contributed by atoms with van der Waals surface area (Å²) in [6.07, 6.45) is 0.288. The molecule has 0 atom stereocenters. The standard InChI is InChI=1S/C19H19NO5/c1-12(21)17(13(2)22)9-14-7-8-19(25-3)18(10-14)15-5-4-6-16(11-15)20(23)24/h4-8,10-11,17H,9H2,1-3H3. The number of Topliss-reactive ketones (excluding diaryl/α,β-unsaturated/α-hetero) is 2. The molecule has 0 spiro atoms. The van der Waals surface area contributed by atoms with Crippen molar-refractivity contribution in [1.82, 2.24) is 0 Å². The van der Waals surface area contributed by atoms with Crippen molar-refractivity contribution in [2.75, 3.05) is 7.11 Å². The lowest BCUT2D eigenvalue weighted by Gasteiger charge is -2.14. The molecule has 0 saturated heterocycles. The van der Waals surface area contributed by atoms with Crippen molar-refractivity contribution in [3.63, 3.8) is 0 Å². The fraction of sp³-hybridized carbons (Fsp3) is 0.263. The molecular weight excluding hydrogens is 322 g/mol. The lowest BCUT2D eigenvalue weighted by atomic mass is 9.91. The van der Waals surface area contributed by atoms with Gasteiger partial charge in [-0.25, -0.2) is 0 Å². The Hall–Kier alpha value is -3.02. The maximum atomic E-state index is 11.7. The summed E-state index contributed by atoms with van der Waals surface area (Å²) in [5.74, 6) is -0.488. The summed E-state index contributed by atoms with van der Waals surface area (Å²) in [6, 6.07) is 11.6. The van der Waals surface area contributed by atoms with E-state index in [2.05, 4.69) is 0 Å². The number of hydrogen-bond acceptors (Lipinski definition) is 5.